The first-order valence-electron chi connectivity index (χ1n) is 10.5. The van der Waals surface area contributed by atoms with Crippen molar-refractivity contribution in [1.29, 1.82) is 0 Å². The van der Waals surface area contributed by atoms with Gasteiger partial charge in [-0.05, 0) is 56.8 Å². The first kappa shape index (κ1) is 25.4. The number of nitrogens with one attached hydrogen (secondary N) is 2. The maximum atomic E-state index is 12.0. The lowest BCUT2D eigenvalue weighted by atomic mass is 10.0. The summed E-state index contributed by atoms with van der Waals surface area (Å²) in [6.45, 7) is 4.27. The van der Waals surface area contributed by atoms with Crippen LogP contribution in [0.5, 0.6) is 0 Å². The Bertz CT molecular complexity index is 595. The Morgan fingerprint density at radius 1 is 1.07 bits per heavy atom. The molecule has 2 amide bonds. The van der Waals surface area contributed by atoms with E-state index < -0.39 is 11.6 Å². The summed E-state index contributed by atoms with van der Waals surface area (Å²) < 4.78 is 41.4. The van der Waals surface area contributed by atoms with Crippen molar-refractivity contribution in [2.45, 2.75) is 75.4 Å². The van der Waals surface area contributed by atoms with Crippen LogP contribution >= 0.6 is 15.9 Å². The fourth-order valence-electron chi connectivity index (χ4n) is 3.25. The van der Waals surface area contributed by atoms with Crippen molar-refractivity contribution in [3.8, 4) is 0 Å². The van der Waals surface area contributed by atoms with E-state index in [0.29, 0.717) is 5.41 Å². The van der Waals surface area contributed by atoms with Gasteiger partial charge in [0.25, 0.3) is 0 Å². The minimum absolute atomic E-state index is 0.0703. The second-order valence-corrected chi connectivity index (χ2v) is 9.90. The van der Waals surface area contributed by atoms with Gasteiger partial charge in [0.1, 0.15) is 6.10 Å². The lowest BCUT2D eigenvalue weighted by Crippen LogP contribution is -2.26. The Labute approximate surface area is 183 Å². The smallest absolute Gasteiger partial charge is 0.394 e. The third-order valence-electron chi connectivity index (χ3n) is 6.15. The molecule has 0 aromatic rings. The summed E-state index contributed by atoms with van der Waals surface area (Å²) in [6.07, 6.45) is 1.52. The Morgan fingerprint density at radius 3 is 1.97 bits per heavy atom. The topological polar surface area (TPSA) is 87.7 Å². The standard InChI is InChI=1S/C10H17NO2.C6H9F3O.C4H6BrNO/c1-10(3-4-10)5-7-13-8-2-6-11-9(8)12;7-6(8,9)5(1-2-5)3-4-10;5-3-1-2-6-4(3)7/h8H,2-7H2,1H3,(H,11,12);10H,1-4H2;3H,1-2H2,(H,6,7). The van der Waals surface area contributed by atoms with Gasteiger partial charge in [-0.3, -0.25) is 9.59 Å². The van der Waals surface area contributed by atoms with Crippen LogP contribution in [0.15, 0.2) is 0 Å². The molecule has 10 heteroatoms. The Hall–Kier alpha value is -0.870. The highest BCUT2D eigenvalue weighted by atomic mass is 79.9. The number of aliphatic hydroxyl groups is 1. The molecular weight excluding hydrogens is 469 g/mol. The lowest BCUT2D eigenvalue weighted by Gasteiger charge is -2.16. The van der Waals surface area contributed by atoms with Gasteiger partial charge >= 0.3 is 6.18 Å². The molecule has 4 rings (SSSR count). The quantitative estimate of drug-likeness (QED) is 0.489. The third kappa shape index (κ3) is 7.67. The average molecular weight is 501 g/mol. The van der Waals surface area contributed by atoms with E-state index in [-0.39, 0.29) is 48.6 Å². The normalized spacial score (nSPS) is 27.8. The number of carbonyl (C=O) groups excluding carboxylic acids is 2. The summed E-state index contributed by atoms with van der Waals surface area (Å²) >= 11 is 3.19. The zero-order valence-electron chi connectivity index (χ0n) is 17.3. The molecule has 0 radical (unpaired) electrons. The predicted molar refractivity (Wildman–Crippen MR) is 109 cm³/mol. The van der Waals surface area contributed by atoms with Gasteiger partial charge in [-0.2, -0.15) is 13.2 Å². The van der Waals surface area contributed by atoms with Crippen molar-refractivity contribution in [2.75, 3.05) is 26.3 Å². The largest absolute Gasteiger partial charge is 0.396 e. The minimum Gasteiger partial charge on any atom is -0.396 e. The number of halogens is 4. The number of hydrogen-bond acceptors (Lipinski definition) is 4. The van der Waals surface area contributed by atoms with Gasteiger partial charge in [0, 0.05) is 26.3 Å². The Balaban J connectivity index is 0.000000168. The molecule has 0 bridgehead atoms. The second-order valence-electron chi connectivity index (χ2n) is 8.80. The molecule has 0 aromatic heterocycles. The molecule has 0 aromatic carbocycles. The first-order chi connectivity index (χ1) is 14.0. The molecule has 174 valence electrons. The number of alkyl halides is 4. The first-order valence-corrected chi connectivity index (χ1v) is 11.4. The molecule has 0 spiro atoms. The molecule has 2 heterocycles. The van der Waals surface area contributed by atoms with Gasteiger partial charge in [0.05, 0.1) is 10.2 Å². The van der Waals surface area contributed by atoms with Crippen LogP contribution in [0.4, 0.5) is 13.2 Å². The fraction of sp³-hybridized carbons (Fsp3) is 0.900. The van der Waals surface area contributed by atoms with Crippen LogP contribution in [0.1, 0.15) is 58.3 Å². The zero-order valence-corrected chi connectivity index (χ0v) is 18.9. The van der Waals surface area contributed by atoms with E-state index in [1.165, 1.54) is 12.8 Å². The van der Waals surface area contributed by atoms with E-state index in [9.17, 15) is 22.8 Å². The van der Waals surface area contributed by atoms with Crippen molar-refractivity contribution in [3.05, 3.63) is 0 Å². The molecule has 4 aliphatic rings. The van der Waals surface area contributed by atoms with Gasteiger partial charge in [-0.25, -0.2) is 0 Å². The number of ether oxygens (including phenoxy) is 1. The van der Waals surface area contributed by atoms with E-state index in [1.54, 1.807) is 0 Å². The SMILES string of the molecule is CC1(CCOC2CCNC2=O)CC1.O=C1NCCC1Br.OCCC1(C(F)(F)F)CC1. The maximum absolute atomic E-state index is 12.0. The van der Waals surface area contributed by atoms with E-state index in [4.69, 9.17) is 9.84 Å². The lowest BCUT2D eigenvalue weighted by molar-refractivity contribution is -0.190. The number of aliphatic hydroxyl groups excluding tert-OH is 1. The maximum Gasteiger partial charge on any atom is 0.394 e. The van der Waals surface area contributed by atoms with E-state index in [1.807, 2.05) is 0 Å². The highest BCUT2D eigenvalue weighted by molar-refractivity contribution is 9.10. The molecule has 2 aliphatic heterocycles. The Kier molecular flexibility index (Phi) is 9.00. The van der Waals surface area contributed by atoms with Crippen molar-refractivity contribution >= 4 is 27.7 Å². The Morgan fingerprint density at radius 2 is 1.67 bits per heavy atom. The van der Waals surface area contributed by atoms with Crippen LogP contribution in [0.2, 0.25) is 0 Å². The highest BCUT2D eigenvalue weighted by Gasteiger charge is 2.62. The summed E-state index contributed by atoms with van der Waals surface area (Å²) in [4.78, 5) is 21.6. The van der Waals surface area contributed by atoms with Crippen molar-refractivity contribution < 1.29 is 32.6 Å². The van der Waals surface area contributed by atoms with Crippen LogP contribution in [0.25, 0.3) is 0 Å². The highest BCUT2D eigenvalue weighted by Crippen LogP contribution is 2.59. The van der Waals surface area contributed by atoms with E-state index in [0.717, 1.165) is 39.0 Å². The molecule has 2 aliphatic carbocycles. The number of carbonyl (C=O) groups is 2. The van der Waals surface area contributed by atoms with Crippen molar-refractivity contribution in [3.63, 3.8) is 0 Å². The number of hydrogen-bond donors (Lipinski definition) is 3. The minimum atomic E-state index is -4.10. The van der Waals surface area contributed by atoms with Gasteiger partial charge in [-0.15, -0.1) is 0 Å². The third-order valence-corrected chi connectivity index (χ3v) is 7.03. The second kappa shape index (κ2) is 10.6. The summed E-state index contributed by atoms with van der Waals surface area (Å²) in [7, 11) is 0. The molecule has 2 saturated carbocycles. The summed E-state index contributed by atoms with van der Waals surface area (Å²) in [5, 5.41) is 13.8. The predicted octanol–water partition coefficient (Wildman–Crippen LogP) is 3.06. The van der Waals surface area contributed by atoms with Crippen molar-refractivity contribution in [1.82, 2.24) is 10.6 Å². The molecule has 30 heavy (non-hydrogen) atoms. The summed E-state index contributed by atoms with van der Waals surface area (Å²) in [5.74, 6) is 0.195. The monoisotopic (exact) mass is 500 g/mol. The fourth-order valence-corrected chi connectivity index (χ4v) is 3.64. The molecule has 2 unspecified atom stereocenters. The number of amides is 2. The van der Waals surface area contributed by atoms with E-state index >= 15 is 0 Å². The van der Waals surface area contributed by atoms with Crippen molar-refractivity contribution in [2.24, 2.45) is 10.8 Å². The van der Waals surface area contributed by atoms with Crippen LogP contribution in [0.3, 0.4) is 0 Å². The van der Waals surface area contributed by atoms with Gasteiger partial charge in [-0.1, -0.05) is 22.9 Å². The van der Waals surface area contributed by atoms with Crippen LogP contribution < -0.4 is 10.6 Å². The van der Waals surface area contributed by atoms with Crippen LogP contribution in [0, 0.1) is 10.8 Å². The summed E-state index contributed by atoms with van der Waals surface area (Å²) in [5.41, 5.74) is -0.975. The molecular formula is C20H32BrF3N2O4. The molecule has 6 nitrogen and oxygen atoms in total. The number of rotatable bonds is 6. The molecule has 2 saturated heterocycles. The zero-order chi connectivity index (χ0) is 22.4. The van der Waals surface area contributed by atoms with E-state index in [2.05, 4.69) is 33.5 Å². The van der Waals surface area contributed by atoms with Gasteiger partial charge in [0.15, 0.2) is 0 Å². The van der Waals surface area contributed by atoms with Gasteiger partial charge < -0.3 is 20.5 Å². The van der Waals surface area contributed by atoms with Crippen LogP contribution in [-0.2, 0) is 14.3 Å². The molecule has 4 fully saturated rings. The summed E-state index contributed by atoms with van der Waals surface area (Å²) in [6, 6.07) is 0. The average Bonchev–Trinajstić information content (AvgIpc) is 3.54. The molecule has 3 N–H and O–H groups in total. The van der Waals surface area contributed by atoms with Gasteiger partial charge in [0.2, 0.25) is 11.8 Å². The van der Waals surface area contributed by atoms with Crippen LogP contribution in [-0.4, -0.2) is 60.3 Å². The molecule has 2 atom stereocenters.